The van der Waals surface area contributed by atoms with Crippen molar-refractivity contribution < 1.29 is 14.5 Å². The third kappa shape index (κ3) is 6.09. The van der Waals surface area contributed by atoms with Crippen LogP contribution in [-0.2, 0) is 9.59 Å². The van der Waals surface area contributed by atoms with Crippen molar-refractivity contribution >= 4 is 57.6 Å². The number of hydrogen-bond donors (Lipinski definition) is 1. The van der Waals surface area contributed by atoms with E-state index in [1.165, 1.54) is 40.9 Å². The number of carbonyl (C=O) groups is 2. The van der Waals surface area contributed by atoms with Gasteiger partial charge in [-0.2, -0.15) is 0 Å². The summed E-state index contributed by atoms with van der Waals surface area (Å²) in [5, 5.41) is 13.3. The SMILES string of the molecule is CC(/C=C1\SC(=S)N(CCC(=O)Nc2ccc([N+](=O)[O-])cc2)C1=O)=C\c1ccccc1. The highest BCUT2D eigenvalue weighted by Crippen LogP contribution is 2.32. The van der Waals surface area contributed by atoms with Crippen LogP contribution in [0, 0.1) is 10.1 Å². The number of nitro benzene ring substituents is 1. The first kappa shape index (κ1) is 22.4. The van der Waals surface area contributed by atoms with Crippen LogP contribution in [0.4, 0.5) is 11.4 Å². The Kier molecular flexibility index (Phi) is 7.32. The number of rotatable bonds is 7. The van der Waals surface area contributed by atoms with E-state index in [0.717, 1.165) is 11.1 Å². The molecule has 0 unspecified atom stereocenters. The molecular formula is C22H19N3O4S2. The predicted octanol–water partition coefficient (Wildman–Crippen LogP) is 4.77. The van der Waals surface area contributed by atoms with Crippen molar-refractivity contribution in [2.45, 2.75) is 13.3 Å². The van der Waals surface area contributed by atoms with Gasteiger partial charge in [0.1, 0.15) is 4.32 Å². The maximum atomic E-state index is 12.7. The van der Waals surface area contributed by atoms with Crippen LogP contribution in [0.5, 0.6) is 0 Å². The molecule has 0 bridgehead atoms. The van der Waals surface area contributed by atoms with E-state index in [2.05, 4.69) is 5.32 Å². The van der Waals surface area contributed by atoms with Gasteiger partial charge in [0, 0.05) is 30.8 Å². The summed E-state index contributed by atoms with van der Waals surface area (Å²) in [5.41, 5.74) is 2.35. The second-order valence-electron chi connectivity index (χ2n) is 6.73. The van der Waals surface area contributed by atoms with E-state index in [9.17, 15) is 19.7 Å². The van der Waals surface area contributed by atoms with E-state index in [1.54, 1.807) is 6.08 Å². The third-order valence-electron chi connectivity index (χ3n) is 4.35. The average molecular weight is 454 g/mol. The van der Waals surface area contributed by atoms with Gasteiger partial charge in [-0.1, -0.05) is 60.4 Å². The minimum Gasteiger partial charge on any atom is -0.326 e. The van der Waals surface area contributed by atoms with Crippen LogP contribution in [0.25, 0.3) is 6.08 Å². The molecule has 0 atom stereocenters. The average Bonchev–Trinajstić information content (AvgIpc) is 3.00. The Hall–Kier alpha value is -3.30. The van der Waals surface area contributed by atoms with Gasteiger partial charge >= 0.3 is 0 Å². The van der Waals surface area contributed by atoms with Gasteiger partial charge < -0.3 is 5.32 Å². The Labute approximate surface area is 189 Å². The number of allylic oxidation sites excluding steroid dienone is 2. The zero-order valence-electron chi connectivity index (χ0n) is 16.6. The fraction of sp³-hybridized carbons (Fsp3) is 0.136. The highest BCUT2D eigenvalue weighted by molar-refractivity contribution is 8.26. The predicted molar refractivity (Wildman–Crippen MR) is 126 cm³/mol. The molecule has 9 heteroatoms. The zero-order valence-corrected chi connectivity index (χ0v) is 18.2. The van der Waals surface area contributed by atoms with Crippen LogP contribution < -0.4 is 5.32 Å². The first-order chi connectivity index (χ1) is 14.8. The summed E-state index contributed by atoms with van der Waals surface area (Å²) in [6.07, 6.45) is 3.82. The summed E-state index contributed by atoms with van der Waals surface area (Å²) >= 11 is 6.52. The van der Waals surface area contributed by atoms with Crippen molar-refractivity contribution in [3.8, 4) is 0 Å². The summed E-state index contributed by atoms with van der Waals surface area (Å²) in [5.74, 6) is -0.536. The van der Waals surface area contributed by atoms with E-state index >= 15 is 0 Å². The quantitative estimate of drug-likeness (QED) is 0.281. The lowest BCUT2D eigenvalue weighted by molar-refractivity contribution is -0.384. The molecule has 0 aliphatic carbocycles. The lowest BCUT2D eigenvalue weighted by atomic mass is 10.1. The smallest absolute Gasteiger partial charge is 0.269 e. The topological polar surface area (TPSA) is 92.6 Å². The van der Waals surface area contributed by atoms with Crippen molar-refractivity contribution in [1.82, 2.24) is 4.90 Å². The second-order valence-corrected chi connectivity index (χ2v) is 8.41. The molecule has 31 heavy (non-hydrogen) atoms. The molecule has 2 aromatic carbocycles. The fourth-order valence-electron chi connectivity index (χ4n) is 2.86. The number of carbonyl (C=O) groups excluding carboxylic acids is 2. The Morgan fingerprint density at radius 2 is 1.87 bits per heavy atom. The first-order valence-electron chi connectivity index (χ1n) is 9.36. The Bertz CT molecular complexity index is 1080. The molecule has 2 amide bonds. The molecule has 1 saturated heterocycles. The van der Waals surface area contributed by atoms with Crippen LogP contribution in [0.1, 0.15) is 18.9 Å². The number of anilines is 1. The van der Waals surface area contributed by atoms with Gasteiger partial charge in [-0.3, -0.25) is 24.6 Å². The largest absolute Gasteiger partial charge is 0.326 e. The summed E-state index contributed by atoms with van der Waals surface area (Å²) in [4.78, 5) is 37.0. The monoisotopic (exact) mass is 453 g/mol. The minimum absolute atomic E-state index is 0.0511. The van der Waals surface area contributed by atoms with E-state index in [0.29, 0.717) is 14.9 Å². The van der Waals surface area contributed by atoms with Crippen molar-refractivity contribution in [2.75, 3.05) is 11.9 Å². The number of hydrogen-bond acceptors (Lipinski definition) is 6. The number of benzene rings is 2. The Morgan fingerprint density at radius 3 is 2.52 bits per heavy atom. The van der Waals surface area contributed by atoms with E-state index in [-0.39, 0.29) is 30.5 Å². The van der Waals surface area contributed by atoms with Gasteiger partial charge in [-0.25, -0.2) is 0 Å². The molecular weight excluding hydrogens is 434 g/mol. The highest BCUT2D eigenvalue weighted by atomic mass is 32.2. The second kappa shape index (κ2) is 10.1. The molecule has 0 saturated carbocycles. The molecule has 0 aromatic heterocycles. The number of thiocarbonyl (C=S) groups is 1. The van der Waals surface area contributed by atoms with Crippen LogP contribution in [-0.4, -0.2) is 32.5 Å². The van der Waals surface area contributed by atoms with Crippen molar-refractivity contribution in [3.63, 3.8) is 0 Å². The van der Waals surface area contributed by atoms with Crippen LogP contribution >= 0.6 is 24.0 Å². The standard InChI is InChI=1S/C22H19N3O4S2/c1-15(13-16-5-3-2-4-6-16)14-19-21(27)24(22(30)31-19)12-11-20(26)23-17-7-9-18(10-8-17)25(28)29/h2-10,13-14H,11-12H2,1H3,(H,23,26)/b15-13+,19-14-. The summed E-state index contributed by atoms with van der Waals surface area (Å²) < 4.78 is 0.409. The van der Waals surface area contributed by atoms with Crippen LogP contribution in [0.15, 0.2) is 71.2 Å². The Morgan fingerprint density at radius 1 is 1.19 bits per heavy atom. The molecule has 1 aliphatic rings. The van der Waals surface area contributed by atoms with Gasteiger partial charge in [0.05, 0.1) is 9.83 Å². The molecule has 1 N–H and O–H groups in total. The number of nitrogens with zero attached hydrogens (tertiary/aromatic N) is 2. The summed E-state index contributed by atoms with van der Waals surface area (Å²) in [6, 6.07) is 15.3. The molecule has 1 fully saturated rings. The molecule has 1 heterocycles. The highest BCUT2D eigenvalue weighted by Gasteiger charge is 2.32. The number of nitro groups is 1. The Balaban J connectivity index is 1.57. The third-order valence-corrected chi connectivity index (χ3v) is 5.73. The lowest BCUT2D eigenvalue weighted by Gasteiger charge is -2.14. The lowest BCUT2D eigenvalue weighted by Crippen LogP contribution is -2.31. The van der Waals surface area contributed by atoms with E-state index in [1.807, 2.05) is 43.3 Å². The van der Waals surface area contributed by atoms with Gasteiger partial charge in [-0.15, -0.1) is 0 Å². The molecule has 0 radical (unpaired) electrons. The maximum Gasteiger partial charge on any atom is 0.269 e. The van der Waals surface area contributed by atoms with Crippen LogP contribution in [0.2, 0.25) is 0 Å². The molecule has 158 valence electrons. The summed E-state index contributed by atoms with van der Waals surface area (Å²) in [7, 11) is 0. The van der Waals surface area contributed by atoms with Crippen molar-refractivity contribution in [3.05, 3.63) is 86.8 Å². The molecule has 0 spiro atoms. The molecule has 3 rings (SSSR count). The van der Waals surface area contributed by atoms with Gasteiger partial charge in [0.25, 0.3) is 11.6 Å². The molecule has 1 aliphatic heterocycles. The molecule has 7 nitrogen and oxygen atoms in total. The normalized spacial score (nSPS) is 15.5. The van der Waals surface area contributed by atoms with Gasteiger partial charge in [0.2, 0.25) is 5.91 Å². The number of thioether (sulfide) groups is 1. The van der Waals surface area contributed by atoms with E-state index in [4.69, 9.17) is 12.2 Å². The maximum absolute atomic E-state index is 12.7. The van der Waals surface area contributed by atoms with Gasteiger partial charge in [0.15, 0.2) is 0 Å². The molecule has 2 aromatic rings. The number of amides is 2. The van der Waals surface area contributed by atoms with Crippen LogP contribution in [0.3, 0.4) is 0 Å². The van der Waals surface area contributed by atoms with Crippen molar-refractivity contribution in [1.29, 1.82) is 0 Å². The minimum atomic E-state index is -0.509. The first-order valence-corrected chi connectivity index (χ1v) is 10.6. The number of non-ortho nitro benzene ring substituents is 1. The fourth-order valence-corrected chi connectivity index (χ4v) is 4.22. The number of nitrogens with one attached hydrogen (secondary N) is 1. The summed E-state index contributed by atoms with van der Waals surface area (Å²) in [6.45, 7) is 2.07. The zero-order chi connectivity index (χ0) is 22.4. The van der Waals surface area contributed by atoms with E-state index < -0.39 is 4.92 Å². The van der Waals surface area contributed by atoms with Crippen molar-refractivity contribution in [2.24, 2.45) is 0 Å². The van der Waals surface area contributed by atoms with Gasteiger partial charge in [-0.05, 0) is 36.3 Å².